The molecular formula is C32H39F2N3O4S. The van der Waals surface area contributed by atoms with Gasteiger partial charge in [0.2, 0.25) is 21.8 Å². The Kier molecular flexibility index (Phi) is 11.6. The summed E-state index contributed by atoms with van der Waals surface area (Å²) in [4.78, 5) is 29.0. The Morgan fingerprint density at radius 2 is 1.62 bits per heavy atom. The number of amides is 2. The van der Waals surface area contributed by atoms with E-state index in [4.69, 9.17) is 0 Å². The van der Waals surface area contributed by atoms with E-state index >= 15 is 0 Å². The second kappa shape index (κ2) is 14.9. The fraction of sp³-hybridized carbons (Fsp3) is 0.375. The van der Waals surface area contributed by atoms with Crippen LogP contribution in [0.25, 0.3) is 0 Å². The van der Waals surface area contributed by atoms with Crippen molar-refractivity contribution in [2.45, 2.75) is 65.1 Å². The average Bonchev–Trinajstić information content (AvgIpc) is 2.94. The van der Waals surface area contributed by atoms with E-state index in [1.807, 2.05) is 75.4 Å². The van der Waals surface area contributed by atoms with Gasteiger partial charge < -0.3 is 10.2 Å². The van der Waals surface area contributed by atoms with Crippen molar-refractivity contribution >= 4 is 27.5 Å². The molecule has 0 aliphatic heterocycles. The van der Waals surface area contributed by atoms with Crippen LogP contribution in [-0.4, -0.2) is 50.0 Å². The van der Waals surface area contributed by atoms with Gasteiger partial charge in [-0.2, -0.15) is 0 Å². The molecule has 42 heavy (non-hydrogen) atoms. The highest BCUT2D eigenvalue weighted by Crippen LogP contribution is 2.22. The number of sulfonamides is 1. The standard InChI is InChI=1S/C32H39F2N3O4S/c1-5-24(3)35-32(39)30(20-25-12-7-6-8-13-25)36(22-26-14-9-11-23(2)19-26)31(38)15-10-18-37(42(4,40)41)27-16-17-28(33)29(34)21-27/h6-9,11-14,16-17,19,21,24,30H,5,10,15,18,20,22H2,1-4H3,(H,35,39). The number of carbonyl (C=O) groups excluding carboxylic acids is 2. The van der Waals surface area contributed by atoms with Crippen molar-refractivity contribution in [3.8, 4) is 0 Å². The topological polar surface area (TPSA) is 86.8 Å². The van der Waals surface area contributed by atoms with Crippen LogP contribution in [-0.2, 0) is 32.6 Å². The van der Waals surface area contributed by atoms with Gasteiger partial charge in [0.1, 0.15) is 6.04 Å². The summed E-state index contributed by atoms with van der Waals surface area (Å²) in [6.45, 7) is 5.88. The van der Waals surface area contributed by atoms with Crippen molar-refractivity contribution in [2.24, 2.45) is 0 Å². The fourth-order valence-electron chi connectivity index (χ4n) is 4.65. The van der Waals surface area contributed by atoms with Crippen molar-refractivity contribution in [1.29, 1.82) is 0 Å². The van der Waals surface area contributed by atoms with Crippen molar-refractivity contribution in [1.82, 2.24) is 10.2 Å². The Morgan fingerprint density at radius 1 is 0.929 bits per heavy atom. The van der Waals surface area contributed by atoms with Gasteiger partial charge in [-0.1, -0.05) is 67.1 Å². The molecule has 2 atom stereocenters. The molecule has 0 aliphatic carbocycles. The highest BCUT2D eigenvalue weighted by molar-refractivity contribution is 7.92. The maximum atomic E-state index is 13.9. The molecule has 10 heteroatoms. The number of nitrogens with one attached hydrogen (secondary N) is 1. The van der Waals surface area contributed by atoms with E-state index in [0.29, 0.717) is 6.42 Å². The lowest BCUT2D eigenvalue weighted by Crippen LogP contribution is -2.52. The van der Waals surface area contributed by atoms with Gasteiger partial charge in [-0.25, -0.2) is 17.2 Å². The first-order valence-electron chi connectivity index (χ1n) is 14.0. The molecule has 0 heterocycles. The van der Waals surface area contributed by atoms with Crippen LogP contribution in [0.15, 0.2) is 72.8 Å². The molecule has 0 radical (unpaired) electrons. The van der Waals surface area contributed by atoms with Crippen molar-refractivity contribution in [3.05, 3.63) is 101 Å². The lowest BCUT2D eigenvalue weighted by molar-refractivity contribution is -0.141. The SMILES string of the molecule is CCC(C)NC(=O)C(Cc1ccccc1)N(Cc1cccc(C)c1)C(=O)CCCN(c1ccc(F)c(F)c1)S(C)(=O)=O. The smallest absolute Gasteiger partial charge is 0.243 e. The molecule has 0 saturated carbocycles. The normalized spacial score (nSPS) is 12.8. The van der Waals surface area contributed by atoms with Crippen molar-refractivity contribution < 1.29 is 26.8 Å². The van der Waals surface area contributed by atoms with Crippen LogP contribution < -0.4 is 9.62 Å². The number of anilines is 1. The molecule has 3 aromatic rings. The summed E-state index contributed by atoms with van der Waals surface area (Å²) >= 11 is 0. The maximum absolute atomic E-state index is 13.9. The van der Waals surface area contributed by atoms with E-state index in [9.17, 15) is 26.8 Å². The van der Waals surface area contributed by atoms with Gasteiger partial charge in [0, 0.05) is 38.0 Å². The first-order valence-corrected chi connectivity index (χ1v) is 15.9. The van der Waals surface area contributed by atoms with Crippen LogP contribution in [0, 0.1) is 18.6 Å². The van der Waals surface area contributed by atoms with Gasteiger partial charge >= 0.3 is 0 Å². The third kappa shape index (κ3) is 9.37. The number of nitrogens with zero attached hydrogens (tertiary/aromatic N) is 2. The summed E-state index contributed by atoms with van der Waals surface area (Å²) in [5.41, 5.74) is 2.73. The van der Waals surface area contributed by atoms with Crippen molar-refractivity contribution in [3.63, 3.8) is 0 Å². The number of hydrogen-bond acceptors (Lipinski definition) is 4. The molecule has 2 unspecified atom stereocenters. The minimum absolute atomic E-state index is 0.0321. The highest BCUT2D eigenvalue weighted by atomic mass is 32.2. The van der Waals surface area contributed by atoms with E-state index in [1.54, 1.807) is 4.90 Å². The number of rotatable bonds is 14. The number of hydrogen-bond donors (Lipinski definition) is 1. The van der Waals surface area contributed by atoms with E-state index < -0.39 is 27.7 Å². The summed E-state index contributed by atoms with van der Waals surface area (Å²) in [6, 6.07) is 19.1. The number of benzene rings is 3. The van der Waals surface area contributed by atoms with E-state index in [-0.39, 0.29) is 49.5 Å². The Hall–Kier alpha value is -3.79. The Labute approximate surface area is 247 Å². The summed E-state index contributed by atoms with van der Waals surface area (Å²) in [5.74, 6) is -2.85. The molecule has 3 rings (SSSR count). The largest absolute Gasteiger partial charge is 0.352 e. The summed E-state index contributed by atoms with van der Waals surface area (Å²) in [5, 5.41) is 3.02. The van der Waals surface area contributed by atoms with Crippen LogP contribution in [0.2, 0.25) is 0 Å². The lowest BCUT2D eigenvalue weighted by Gasteiger charge is -2.33. The summed E-state index contributed by atoms with van der Waals surface area (Å²) < 4.78 is 53.3. The van der Waals surface area contributed by atoms with Crippen LogP contribution in [0.5, 0.6) is 0 Å². The maximum Gasteiger partial charge on any atom is 0.243 e. The van der Waals surface area contributed by atoms with Gasteiger partial charge in [0.05, 0.1) is 11.9 Å². The van der Waals surface area contributed by atoms with Gasteiger partial charge in [0.15, 0.2) is 11.6 Å². The van der Waals surface area contributed by atoms with Gasteiger partial charge in [0.25, 0.3) is 0 Å². The van der Waals surface area contributed by atoms with E-state index in [1.165, 1.54) is 6.07 Å². The van der Waals surface area contributed by atoms with Crippen molar-refractivity contribution in [2.75, 3.05) is 17.1 Å². The molecular weight excluding hydrogens is 560 g/mol. The van der Waals surface area contributed by atoms with Gasteiger partial charge in [-0.3, -0.25) is 13.9 Å². The lowest BCUT2D eigenvalue weighted by atomic mass is 10.0. The van der Waals surface area contributed by atoms with Crippen LogP contribution in [0.3, 0.4) is 0 Å². The Morgan fingerprint density at radius 3 is 2.24 bits per heavy atom. The Bertz CT molecular complexity index is 1470. The minimum atomic E-state index is -3.85. The number of aryl methyl sites for hydroxylation is 1. The number of carbonyl (C=O) groups is 2. The summed E-state index contributed by atoms with van der Waals surface area (Å²) in [7, 11) is -3.85. The van der Waals surface area contributed by atoms with Crippen LogP contribution >= 0.6 is 0 Å². The monoisotopic (exact) mass is 599 g/mol. The predicted molar refractivity (Wildman–Crippen MR) is 161 cm³/mol. The second-order valence-electron chi connectivity index (χ2n) is 10.6. The highest BCUT2D eigenvalue weighted by Gasteiger charge is 2.31. The summed E-state index contributed by atoms with van der Waals surface area (Å²) in [6.07, 6.45) is 2.02. The molecule has 7 nitrogen and oxygen atoms in total. The molecule has 0 aliphatic rings. The molecule has 0 bridgehead atoms. The zero-order chi connectivity index (χ0) is 30.9. The van der Waals surface area contributed by atoms with Gasteiger partial charge in [-0.15, -0.1) is 0 Å². The molecule has 0 saturated heterocycles. The molecule has 0 fully saturated rings. The molecule has 1 N–H and O–H groups in total. The van der Waals surface area contributed by atoms with Gasteiger partial charge in [-0.05, 0) is 49.9 Å². The molecule has 226 valence electrons. The molecule has 0 aromatic heterocycles. The van der Waals surface area contributed by atoms with Crippen LogP contribution in [0.1, 0.15) is 49.8 Å². The third-order valence-corrected chi connectivity index (χ3v) is 8.24. The zero-order valence-electron chi connectivity index (χ0n) is 24.5. The minimum Gasteiger partial charge on any atom is -0.352 e. The Balaban J connectivity index is 1.90. The van der Waals surface area contributed by atoms with E-state index in [2.05, 4.69) is 5.32 Å². The predicted octanol–water partition coefficient (Wildman–Crippen LogP) is 5.37. The molecule has 2 amide bonds. The molecule has 3 aromatic carbocycles. The van der Waals surface area contributed by atoms with E-state index in [0.717, 1.165) is 45.8 Å². The number of halogens is 2. The first-order chi connectivity index (χ1) is 19.9. The first kappa shape index (κ1) is 32.7. The van der Waals surface area contributed by atoms with Crippen LogP contribution in [0.4, 0.5) is 14.5 Å². The zero-order valence-corrected chi connectivity index (χ0v) is 25.3. The molecule has 0 spiro atoms. The average molecular weight is 600 g/mol. The quantitative estimate of drug-likeness (QED) is 0.270. The second-order valence-corrected chi connectivity index (χ2v) is 12.5. The fourth-order valence-corrected chi connectivity index (χ4v) is 5.60. The third-order valence-electron chi connectivity index (χ3n) is 7.05.